The van der Waals surface area contributed by atoms with Gasteiger partial charge in [0.25, 0.3) is 0 Å². The fourth-order valence-electron chi connectivity index (χ4n) is 4.25. The van der Waals surface area contributed by atoms with Gasteiger partial charge < -0.3 is 21.7 Å². The number of allylic oxidation sites excluding steroid dienone is 4. The molecule has 188 valence electrons. The highest BCUT2D eigenvalue weighted by molar-refractivity contribution is 5.99. The van der Waals surface area contributed by atoms with E-state index in [1.807, 2.05) is 30.3 Å². The summed E-state index contributed by atoms with van der Waals surface area (Å²) < 4.78 is 0. The van der Waals surface area contributed by atoms with Crippen molar-refractivity contribution in [1.29, 1.82) is 0 Å². The van der Waals surface area contributed by atoms with Crippen molar-refractivity contribution in [1.82, 2.24) is 5.32 Å². The van der Waals surface area contributed by atoms with E-state index in [1.54, 1.807) is 19.1 Å². The second kappa shape index (κ2) is 11.5. The van der Waals surface area contributed by atoms with E-state index < -0.39 is 0 Å². The number of nitrogens with zero attached hydrogens (tertiary/aromatic N) is 1. The minimum Gasteiger partial charge on any atom is -0.387 e. The van der Waals surface area contributed by atoms with Crippen molar-refractivity contribution in [2.75, 3.05) is 10.6 Å². The lowest BCUT2D eigenvalue weighted by Crippen LogP contribution is -2.25. The molecule has 1 atom stereocenters. The molecule has 0 spiro atoms. The first kappa shape index (κ1) is 26.4. The van der Waals surface area contributed by atoms with Gasteiger partial charge in [-0.3, -0.25) is 14.4 Å². The fraction of sp³-hybridized carbons (Fsp3) is 0.286. The third kappa shape index (κ3) is 7.15. The number of anilines is 2. The van der Waals surface area contributed by atoms with Crippen molar-refractivity contribution in [3.8, 4) is 11.1 Å². The normalized spacial score (nSPS) is 15.5. The van der Waals surface area contributed by atoms with Crippen LogP contribution < -0.4 is 21.7 Å². The van der Waals surface area contributed by atoms with Crippen LogP contribution in [-0.4, -0.2) is 23.6 Å². The lowest BCUT2D eigenvalue weighted by atomic mass is 9.88. The maximum atomic E-state index is 11.9. The van der Waals surface area contributed by atoms with Crippen LogP contribution in [0.2, 0.25) is 0 Å². The summed E-state index contributed by atoms with van der Waals surface area (Å²) in [6, 6.07) is 11.3. The van der Waals surface area contributed by atoms with E-state index in [0.717, 1.165) is 28.8 Å². The number of carbonyl (C=O) groups excluding carboxylic acids is 3. The molecule has 0 fully saturated rings. The van der Waals surface area contributed by atoms with Crippen LogP contribution in [0.3, 0.4) is 0 Å². The van der Waals surface area contributed by atoms with Crippen molar-refractivity contribution in [2.45, 2.75) is 47.5 Å². The Balaban J connectivity index is 2.07. The monoisotopic (exact) mass is 487 g/mol. The van der Waals surface area contributed by atoms with Gasteiger partial charge in [-0.1, -0.05) is 24.6 Å². The van der Waals surface area contributed by atoms with Crippen molar-refractivity contribution >= 4 is 40.6 Å². The van der Waals surface area contributed by atoms with E-state index in [2.05, 4.69) is 33.9 Å². The molecule has 36 heavy (non-hydrogen) atoms. The molecule has 8 nitrogen and oxygen atoms in total. The van der Waals surface area contributed by atoms with Gasteiger partial charge in [-0.05, 0) is 67.7 Å². The molecule has 1 unspecified atom stereocenters. The van der Waals surface area contributed by atoms with E-state index in [1.165, 1.54) is 26.3 Å². The van der Waals surface area contributed by atoms with Gasteiger partial charge in [-0.2, -0.15) is 0 Å². The van der Waals surface area contributed by atoms with Crippen LogP contribution in [0.25, 0.3) is 11.1 Å². The standard InChI is InChI=1S/C28H33N5O3/c1-16-12-21(6-9-26(16)32-19(4)35)13-22-7-10-27(30-17(2)29)24(14-22)25-15-23(31-18(3)34)8-11-28(25)33-20(5)36/h6-11,14-16H,12-13H2,1-5H3,(H2,29,30)(H,31,34)(H,32,35)(H,33,36). The maximum absolute atomic E-state index is 11.9. The predicted molar refractivity (Wildman–Crippen MR) is 145 cm³/mol. The molecule has 1 aliphatic rings. The molecule has 3 amide bonds. The highest BCUT2D eigenvalue weighted by atomic mass is 16.2. The Morgan fingerprint density at radius 3 is 2.19 bits per heavy atom. The van der Waals surface area contributed by atoms with Crippen molar-refractivity contribution in [2.24, 2.45) is 16.6 Å². The van der Waals surface area contributed by atoms with Gasteiger partial charge in [0.05, 0.1) is 11.5 Å². The Morgan fingerprint density at radius 2 is 1.58 bits per heavy atom. The van der Waals surface area contributed by atoms with Crippen molar-refractivity contribution < 1.29 is 14.4 Å². The summed E-state index contributed by atoms with van der Waals surface area (Å²) in [4.78, 5) is 39.5. The predicted octanol–water partition coefficient (Wildman–Crippen LogP) is 4.81. The number of hydrogen-bond donors (Lipinski definition) is 4. The maximum Gasteiger partial charge on any atom is 0.221 e. The molecule has 5 N–H and O–H groups in total. The zero-order chi connectivity index (χ0) is 26.4. The number of nitrogens with two attached hydrogens (primary N) is 1. The molecule has 0 saturated carbocycles. The van der Waals surface area contributed by atoms with Gasteiger partial charge in [0.1, 0.15) is 0 Å². The summed E-state index contributed by atoms with van der Waals surface area (Å²) in [5, 5.41) is 8.58. The number of benzene rings is 2. The third-order valence-corrected chi connectivity index (χ3v) is 5.65. The number of aliphatic imine (C=N–C) groups is 1. The molecule has 1 aliphatic carbocycles. The molecule has 0 bridgehead atoms. The second-order valence-corrected chi connectivity index (χ2v) is 9.14. The smallest absolute Gasteiger partial charge is 0.221 e. The Bertz CT molecular complexity index is 1290. The molecule has 2 aromatic rings. The SMILES string of the molecule is CC(=O)NC1=CC=C(Cc2ccc(N=C(C)N)c(-c3cc(NC(C)=O)ccc3NC(C)=O)c2)CC1C. The molecule has 0 radical (unpaired) electrons. The third-order valence-electron chi connectivity index (χ3n) is 5.65. The van der Waals surface area contributed by atoms with Crippen molar-refractivity contribution in [3.63, 3.8) is 0 Å². The number of hydrogen-bond acceptors (Lipinski definition) is 4. The van der Waals surface area contributed by atoms with Gasteiger partial charge in [-0.15, -0.1) is 0 Å². The largest absolute Gasteiger partial charge is 0.387 e. The number of amides is 3. The average Bonchev–Trinajstić information content (AvgIpc) is 2.76. The summed E-state index contributed by atoms with van der Waals surface area (Å²) in [6.45, 7) is 8.21. The summed E-state index contributed by atoms with van der Waals surface area (Å²) in [5.41, 5.74) is 12.5. The van der Waals surface area contributed by atoms with E-state index >= 15 is 0 Å². The Kier molecular flexibility index (Phi) is 8.42. The highest BCUT2D eigenvalue weighted by Gasteiger charge is 2.18. The van der Waals surface area contributed by atoms with Crippen LogP contribution in [0.5, 0.6) is 0 Å². The Hall–Kier alpha value is -4.20. The topological polar surface area (TPSA) is 126 Å². The van der Waals surface area contributed by atoms with E-state index in [9.17, 15) is 14.4 Å². The van der Waals surface area contributed by atoms with Crippen LogP contribution in [0.1, 0.15) is 46.6 Å². The Morgan fingerprint density at radius 1 is 0.889 bits per heavy atom. The van der Waals surface area contributed by atoms with Crippen LogP contribution in [0.15, 0.2) is 64.8 Å². The van der Waals surface area contributed by atoms with Crippen LogP contribution >= 0.6 is 0 Å². The van der Waals surface area contributed by atoms with Gasteiger partial charge in [0.2, 0.25) is 17.7 Å². The molecule has 0 aliphatic heterocycles. The molecular formula is C28H33N5O3. The molecule has 8 heteroatoms. The zero-order valence-electron chi connectivity index (χ0n) is 21.4. The first-order valence-corrected chi connectivity index (χ1v) is 11.8. The van der Waals surface area contributed by atoms with Crippen LogP contribution in [-0.2, 0) is 20.8 Å². The van der Waals surface area contributed by atoms with Crippen LogP contribution in [0, 0.1) is 5.92 Å². The van der Waals surface area contributed by atoms with Gasteiger partial charge >= 0.3 is 0 Å². The van der Waals surface area contributed by atoms with Gasteiger partial charge in [0, 0.05) is 49.0 Å². The molecule has 0 saturated heterocycles. The summed E-state index contributed by atoms with van der Waals surface area (Å²) >= 11 is 0. The first-order valence-electron chi connectivity index (χ1n) is 11.8. The second-order valence-electron chi connectivity index (χ2n) is 9.14. The molecule has 2 aromatic carbocycles. The minimum absolute atomic E-state index is 0.0719. The summed E-state index contributed by atoms with van der Waals surface area (Å²) in [6.07, 6.45) is 5.57. The molecule has 3 rings (SSSR count). The quantitative estimate of drug-likeness (QED) is 0.330. The highest BCUT2D eigenvalue weighted by Crippen LogP contribution is 2.39. The molecule has 0 heterocycles. The number of amidine groups is 1. The number of nitrogens with one attached hydrogen (secondary N) is 3. The lowest BCUT2D eigenvalue weighted by molar-refractivity contribution is -0.118. The van der Waals surface area contributed by atoms with Crippen LogP contribution in [0.4, 0.5) is 17.1 Å². The molecule has 0 aromatic heterocycles. The lowest BCUT2D eigenvalue weighted by Gasteiger charge is -2.22. The summed E-state index contributed by atoms with van der Waals surface area (Å²) in [7, 11) is 0. The summed E-state index contributed by atoms with van der Waals surface area (Å²) in [5.74, 6) is 0.142. The first-order chi connectivity index (χ1) is 17.0. The average molecular weight is 488 g/mol. The number of rotatable bonds is 7. The Labute approximate surface area is 211 Å². The van der Waals surface area contributed by atoms with E-state index in [0.29, 0.717) is 29.3 Å². The number of carbonyl (C=O) groups is 3. The van der Waals surface area contributed by atoms with Crippen molar-refractivity contribution in [3.05, 3.63) is 65.4 Å². The van der Waals surface area contributed by atoms with E-state index in [4.69, 9.17) is 5.73 Å². The zero-order valence-corrected chi connectivity index (χ0v) is 21.4. The minimum atomic E-state index is -0.206. The van der Waals surface area contributed by atoms with Gasteiger partial charge in [-0.25, -0.2) is 4.99 Å². The molecular weight excluding hydrogens is 454 g/mol. The van der Waals surface area contributed by atoms with Gasteiger partial charge in [0.15, 0.2) is 0 Å². The fourth-order valence-corrected chi connectivity index (χ4v) is 4.25. The van der Waals surface area contributed by atoms with E-state index in [-0.39, 0.29) is 23.6 Å².